The summed E-state index contributed by atoms with van der Waals surface area (Å²) in [5, 5.41) is 11.1. The van der Waals surface area contributed by atoms with E-state index >= 15 is 0 Å². The van der Waals surface area contributed by atoms with Crippen LogP contribution in [0, 0.1) is 10.1 Å². The molecular weight excluding hydrogens is 216 g/mol. The van der Waals surface area contributed by atoms with Crippen molar-refractivity contribution in [3.63, 3.8) is 0 Å². The van der Waals surface area contributed by atoms with Crippen molar-refractivity contribution in [3.05, 3.63) is 45.1 Å². The van der Waals surface area contributed by atoms with Crippen LogP contribution in [0.15, 0.2) is 24.4 Å². The van der Waals surface area contributed by atoms with Crippen molar-refractivity contribution in [1.82, 2.24) is 4.90 Å². The minimum absolute atomic E-state index is 0.0144. The maximum Gasteiger partial charge on any atom is 0.278 e. The number of nitro benzene ring substituents is 1. The van der Waals surface area contributed by atoms with Gasteiger partial charge in [0.2, 0.25) is 0 Å². The van der Waals surface area contributed by atoms with Crippen molar-refractivity contribution in [2.24, 2.45) is 0 Å². The molecule has 0 aromatic heterocycles. The van der Waals surface area contributed by atoms with Gasteiger partial charge in [0.15, 0.2) is 0 Å². The maximum absolute atomic E-state index is 10.7. The van der Waals surface area contributed by atoms with Gasteiger partial charge in [-0.15, -0.1) is 0 Å². The van der Waals surface area contributed by atoms with Crippen molar-refractivity contribution in [2.75, 3.05) is 14.1 Å². The molecule has 1 rings (SSSR count). The predicted octanol–water partition coefficient (Wildman–Crippen LogP) is 2.78. The SMILES string of the molecule is CN(C)C=Cc1c(Cl)cccc1[N+](=O)[O-]. The quantitative estimate of drug-likeness (QED) is 0.588. The summed E-state index contributed by atoms with van der Waals surface area (Å²) in [5.74, 6) is 0. The molecule has 0 bridgehead atoms. The molecule has 0 saturated heterocycles. The molecule has 0 N–H and O–H groups in total. The molecule has 1 aromatic rings. The Hall–Kier alpha value is -1.55. The zero-order chi connectivity index (χ0) is 11.4. The van der Waals surface area contributed by atoms with Crippen LogP contribution in [0.3, 0.4) is 0 Å². The smallest absolute Gasteiger partial charge is 0.278 e. The van der Waals surface area contributed by atoms with Crippen LogP contribution in [0.25, 0.3) is 6.08 Å². The van der Waals surface area contributed by atoms with Gasteiger partial charge in [-0.05, 0) is 18.3 Å². The fraction of sp³-hybridized carbons (Fsp3) is 0.200. The third-order valence-electron chi connectivity index (χ3n) is 1.77. The molecule has 0 saturated carbocycles. The van der Waals surface area contributed by atoms with E-state index in [1.807, 2.05) is 14.1 Å². The van der Waals surface area contributed by atoms with Gasteiger partial charge in [-0.2, -0.15) is 0 Å². The Kier molecular flexibility index (Phi) is 3.68. The monoisotopic (exact) mass is 226 g/mol. The maximum atomic E-state index is 10.7. The van der Waals surface area contributed by atoms with Gasteiger partial charge in [0.25, 0.3) is 5.69 Å². The Labute approximate surface area is 92.9 Å². The molecule has 0 aliphatic rings. The number of halogens is 1. The lowest BCUT2D eigenvalue weighted by atomic mass is 10.2. The van der Waals surface area contributed by atoms with Crippen LogP contribution < -0.4 is 0 Å². The molecule has 0 heterocycles. The highest BCUT2D eigenvalue weighted by Crippen LogP contribution is 2.27. The Bertz CT molecular complexity index is 402. The summed E-state index contributed by atoms with van der Waals surface area (Å²) in [5.41, 5.74) is 0.443. The van der Waals surface area contributed by atoms with Crippen LogP contribution in [0.4, 0.5) is 5.69 Å². The zero-order valence-corrected chi connectivity index (χ0v) is 9.23. The number of benzene rings is 1. The molecule has 0 atom stereocenters. The van der Waals surface area contributed by atoms with Crippen LogP contribution in [-0.2, 0) is 0 Å². The second kappa shape index (κ2) is 4.79. The molecule has 4 nitrogen and oxygen atoms in total. The number of nitrogens with zero attached hydrogens (tertiary/aromatic N) is 2. The van der Waals surface area contributed by atoms with Gasteiger partial charge >= 0.3 is 0 Å². The average molecular weight is 227 g/mol. The Morgan fingerprint density at radius 3 is 2.67 bits per heavy atom. The van der Waals surface area contributed by atoms with Crippen molar-refractivity contribution >= 4 is 23.4 Å². The predicted molar refractivity (Wildman–Crippen MR) is 60.8 cm³/mol. The second-order valence-electron chi connectivity index (χ2n) is 3.21. The van der Waals surface area contributed by atoms with E-state index in [-0.39, 0.29) is 5.69 Å². The Morgan fingerprint density at radius 1 is 1.47 bits per heavy atom. The molecule has 15 heavy (non-hydrogen) atoms. The highest BCUT2D eigenvalue weighted by atomic mass is 35.5. The molecule has 0 spiro atoms. The second-order valence-corrected chi connectivity index (χ2v) is 3.62. The van der Waals surface area contributed by atoms with Gasteiger partial charge in [0.1, 0.15) is 0 Å². The van der Waals surface area contributed by atoms with Crippen LogP contribution in [0.1, 0.15) is 5.56 Å². The van der Waals surface area contributed by atoms with Gasteiger partial charge < -0.3 is 4.90 Å². The highest BCUT2D eigenvalue weighted by molar-refractivity contribution is 6.32. The number of nitro groups is 1. The largest absolute Gasteiger partial charge is 0.383 e. The molecule has 5 heteroatoms. The van der Waals surface area contributed by atoms with E-state index in [0.29, 0.717) is 10.6 Å². The summed E-state index contributed by atoms with van der Waals surface area (Å²) in [6.07, 6.45) is 3.34. The van der Waals surface area contributed by atoms with Gasteiger partial charge in [0.05, 0.1) is 15.5 Å². The fourth-order valence-electron chi connectivity index (χ4n) is 1.07. The van der Waals surface area contributed by atoms with Gasteiger partial charge in [-0.1, -0.05) is 17.7 Å². The Balaban J connectivity index is 3.19. The average Bonchev–Trinajstić information content (AvgIpc) is 2.15. The lowest BCUT2D eigenvalue weighted by Gasteiger charge is -2.04. The van der Waals surface area contributed by atoms with Crippen molar-refractivity contribution in [2.45, 2.75) is 0 Å². The van der Waals surface area contributed by atoms with Crippen molar-refractivity contribution < 1.29 is 4.92 Å². The molecule has 0 aliphatic carbocycles. The minimum Gasteiger partial charge on any atom is -0.383 e. The first-order valence-corrected chi connectivity index (χ1v) is 4.67. The molecule has 0 amide bonds. The first-order valence-electron chi connectivity index (χ1n) is 4.30. The summed E-state index contributed by atoms with van der Waals surface area (Å²) < 4.78 is 0. The first-order chi connectivity index (χ1) is 7.02. The zero-order valence-electron chi connectivity index (χ0n) is 8.48. The molecule has 0 fully saturated rings. The van der Waals surface area contributed by atoms with E-state index < -0.39 is 4.92 Å². The lowest BCUT2D eigenvalue weighted by Crippen LogP contribution is -2.00. The topological polar surface area (TPSA) is 46.4 Å². The minimum atomic E-state index is -0.443. The fourth-order valence-corrected chi connectivity index (χ4v) is 1.31. The standard InChI is InChI=1S/C10H11ClN2O2/c1-12(2)7-6-8-9(11)4-3-5-10(8)13(14)15/h3-7H,1-2H3. The molecule has 1 aromatic carbocycles. The molecule has 80 valence electrons. The summed E-state index contributed by atoms with van der Waals surface area (Å²) in [6.45, 7) is 0. The van der Waals surface area contributed by atoms with Gasteiger partial charge in [-0.25, -0.2) is 0 Å². The molecule has 0 aliphatic heterocycles. The lowest BCUT2D eigenvalue weighted by molar-refractivity contribution is -0.385. The van der Waals surface area contributed by atoms with E-state index in [9.17, 15) is 10.1 Å². The third-order valence-corrected chi connectivity index (χ3v) is 2.10. The number of hydrogen-bond donors (Lipinski definition) is 0. The molecular formula is C10H11ClN2O2. The molecule has 0 radical (unpaired) electrons. The summed E-state index contributed by atoms with van der Waals surface area (Å²) in [7, 11) is 3.67. The number of hydrogen-bond acceptors (Lipinski definition) is 3. The normalized spacial score (nSPS) is 10.6. The summed E-state index contributed by atoms with van der Waals surface area (Å²) >= 11 is 5.88. The summed E-state index contributed by atoms with van der Waals surface area (Å²) in [4.78, 5) is 12.1. The van der Waals surface area contributed by atoms with Crippen LogP contribution in [0.2, 0.25) is 5.02 Å². The first kappa shape index (κ1) is 11.5. The van der Waals surface area contributed by atoms with Crippen LogP contribution in [0.5, 0.6) is 0 Å². The van der Waals surface area contributed by atoms with Gasteiger partial charge in [-0.3, -0.25) is 10.1 Å². The number of rotatable bonds is 3. The van der Waals surface area contributed by atoms with Gasteiger partial charge in [0, 0.05) is 20.2 Å². The van der Waals surface area contributed by atoms with E-state index in [2.05, 4.69) is 0 Å². The van der Waals surface area contributed by atoms with E-state index in [0.717, 1.165) is 0 Å². The highest BCUT2D eigenvalue weighted by Gasteiger charge is 2.13. The van der Waals surface area contributed by atoms with Crippen molar-refractivity contribution in [1.29, 1.82) is 0 Å². The third kappa shape index (κ3) is 2.95. The molecule has 0 unspecified atom stereocenters. The van der Waals surface area contributed by atoms with Crippen molar-refractivity contribution in [3.8, 4) is 0 Å². The van der Waals surface area contributed by atoms with Crippen LogP contribution >= 0.6 is 11.6 Å². The Morgan fingerprint density at radius 2 is 2.13 bits per heavy atom. The van der Waals surface area contributed by atoms with E-state index in [4.69, 9.17) is 11.6 Å². The van der Waals surface area contributed by atoms with Crippen LogP contribution in [-0.4, -0.2) is 23.9 Å². The van der Waals surface area contributed by atoms with E-state index in [1.165, 1.54) is 6.07 Å². The van der Waals surface area contributed by atoms with E-state index in [1.54, 1.807) is 29.3 Å². The summed E-state index contributed by atoms with van der Waals surface area (Å²) in [6, 6.07) is 4.62.